The van der Waals surface area contributed by atoms with E-state index in [2.05, 4.69) is 16.0 Å². The number of nitrogens with one attached hydrogen (secondary N) is 3. The molecule has 0 spiro atoms. The van der Waals surface area contributed by atoms with Crippen LogP contribution in [0.15, 0.2) is 48.5 Å². The smallest absolute Gasteiger partial charge is 0.407 e. The first-order valence-electron chi connectivity index (χ1n) is 13.3. The van der Waals surface area contributed by atoms with Crippen molar-refractivity contribution in [1.82, 2.24) is 15.5 Å². The summed E-state index contributed by atoms with van der Waals surface area (Å²) in [6, 6.07) is 9.81. The molecule has 1 amide bonds. The number of benzene rings is 2. The van der Waals surface area contributed by atoms with Gasteiger partial charge in [-0.15, -0.1) is 0 Å². The molecule has 0 saturated carbocycles. The number of nitrogens with zero attached hydrogens (tertiary/aromatic N) is 1. The van der Waals surface area contributed by atoms with Gasteiger partial charge in [0.1, 0.15) is 24.1 Å². The summed E-state index contributed by atoms with van der Waals surface area (Å²) >= 11 is 0. The lowest BCUT2D eigenvalue weighted by molar-refractivity contribution is -0.161. The van der Waals surface area contributed by atoms with Gasteiger partial charge in [-0.1, -0.05) is 51.1 Å². The monoisotopic (exact) mass is 552 g/mol. The Bertz CT molecular complexity index is 1000. The number of ether oxygens (including phenoxy) is 2. The number of rotatable bonds is 16. The summed E-state index contributed by atoms with van der Waals surface area (Å²) in [6.45, 7) is 7.37. The molecule has 2 aromatic carbocycles. The van der Waals surface area contributed by atoms with Gasteiger partial charge in [-0.2, -0.15) is 13.2 Å². The fourth-order valence-corrected chi connectivity index (χ4v) is 4.03. The molecule has 3 atom stereocenters. The first-order chi connectivity index (χ1) is 18.4. The maximum Gasteiger partial charge on any atom is 0.407 e. The van der Waals surface area contributed by atoms with E-state index in [0.29, 0.717) is 31.1 Å². The van der Waals surface area contributed by atoms with Crippen LogP contribution in [0.1, 0.15) is 45.2 Å². The standard InChI is InChI=1S/C29H43F3N4O3/c1-7-22(19-33-24-14-13-23(18-26(24)38-6)39-16-15-36(4)5)34-28(37)25(17-20(2)3)35-27(29(30,31)32)21-11-9-8-10-12-21/h8-14,18,20,22,25,27,33,35H,7,15-17,19H2,1-6H3,(H,34,37)/t22-,25-,27-/m0/s1. The lowest BCUT2D eigenvalue weighted by atomic mass is 9.99. The molecule has 2 aromatic rings. The summed E-state index contributed by atoms with van der Waals surface area (Å²) in [4.78, 5) is 15.3. The predicted octanol–water partition coefficient (Wildman–Crippen LogP) is 5.25. The average Bonchev–Trinajstić information content (AvgIpc) is 2.88. The lowest BCUT2D eigenvalue weighted by Gasteiger charge is -2.29. The highest BCUT2D eigenvalue weighted by Gasteiger charge is 2.43. The summed E-state index contributed by atoms with van der Waals surface area (Å²) in [7, 11) is 5.51. The van der Waals surface area contributed by atoms with Crippen LogP contribution in [-0.2, 0) is 4.79 Å². The Morgan fingerprint density at radius 3 is 2.33 bits per heavy atom. The second-order valence-corrected chi connectivity index (χ2v) is 10.2. The number of carbonyl (C=O) groups is 1. The zero-order chi connectivity index (χ0) is 29.0. The van der Waals surface area contributed by atoms with E-state index in [1.165, 1.54) is 12.1 Å². The number of amides is 1. The quantitative estimate of drug-likeness (QED) is 0.264. The second-order valence-electron chi connectivity index (χ2n) is 10.2. The van der Waals surface area contributed by atoms with Crippen LogP contribution in [0.2, 0.25) is 0 Å². The molecule has 218 valence electrons. The fourth-order valence-electron chi connectivity index (χ4n) is 4.03. The van der Waals surface area contributed by atoms with Gasteiger partial charge in [0.25, 0.3) is 0 Å². The maximum atomic E-state index is 14.0. The minimum absolute atomic E-state index is 0.0128. The van der Waals surface area contributed by atoms with Gasteiger partial charge >= 0.3 is 6.18 Å². The van der Waals surface area contributed by atoms with Gasteiger partial charge in [-0.25, -0.2) is 0 Å². The number of halogens is 3. The van der Waals surface area contributed by atoms with Gasteiger partial charge in [0.15, 0.2) is 0 Å². The number of hydrogen-bond donors (Lipinski definition) is 3. The van der Waals surface area contributed by atoms with Crippen molar-refractivity contribution in [2.45, 2.75) is 57.9 Å². The Labute approximate surface area is 230 Å². The van der Waals surface area contributed by atoms with Crippen LogP contribution >= 0.6 is 0 Å². The molecule has 0 heterocycles. The first kappa shape index (κ1) is 32.2. The lowest BCUT2D eigenvalue weighted by Crippen LogP contribution is -2.52. The fraction of sp³-hybridized carbons (Fsp3) is 0.552. The summed E-state index contributed by atoms with van der Waals surface area (Å²) in [5, 5.41) is 8.82. The van der Waals surface area contributed by atoms with Crippen molar-refractivity contribution >= 4 is 11.6 Å². The Morgan fingerprint density at radius 2 is 1.77 bits per heavy atom. The van der Waals surface area contributed by atoms with E-state index >= 15 is 0 Å². The van der Waals surface area contributed by atoms with E-state index in [9.17, 15) is 18.0 Å². The minimum Gasteiger partial charge on any atom is -0.494 e. The van der Waals surface area contributed by atoms with Gasteiger partial charge in [0.05, 0.1) is 18.8 Å². The topological polar surface area (TPSA) is 74.9 Å². The third kappa shape index (κ3) is 11.0. The summed E-state index contributed by atoms with van der Waals surface area (Å²) in [5.41, 5.74) is 0.796. The molecule has 0 aromatic heterocycles. The first-order valence-corrected chi connectivity index (χ1v) is 13.3. The second kappa shape index (κ2) is 15.6. The van der Waals surface area contributed by atoms with Crippen LogP contribution in [0.5, 0.6) is 11.5 Å². The Hall–Kier alpha value is -2.98. The maximum absolute atomic E-state index is 14.0. The van der Waals surface area contributed by atoms with Crippen molar-refractivity contribution in [1.29, 1.82) is 0 Å². The zero-order valence-corrected chi connectivity index (χ0v) is 23.8. The van der Waals surface area contributed by atoms with Crippen LogP contribution in [0.25, 0.3) is 0 Å². The third-order valence-corrected chi connectivity index (χ3v) is 6.21. The Morgan fingerprint density at radius 1 is 1.08 bits per heavy atom. The zero-order valence-electron chi connectivity index (χ0n) is 23.8. The number of methoxy groups -OCH3 is 1. The average molecular weight is 553 g/mol. The largest absolute Gasteiger partial charge is 0.494 e. The number of likely N-dealkylation sites (N-methyl/N-ethyl adjacent to an activating group) is 1. The molecular formula is C29H43F3N4O3. The molecule has 7 nitrogen and oxygen atoms in total. The molecule has 0 fully saturated rings. The molecule has 0 aliphatic heterocycles. The van der Waals surface area contributed by atoms with Crippen LogP contribution in [-0.4, -0.2) is 70.0 Å². The van der Waals surface area contributed by atoms with Crippen molar-refractivity contribution < 1.29 is 27.4 Å². The highest BCUT2D eigenvalue weighted by atomic mass is 19.4. The summed E-state index contributed by atoms with van der Waals surface area (Å²) in [5.74, 6) is 0.826. The van der Waals surface area contributed by atoms with Gasteiger partial charge in [0.2, 0.25) is 5.91 Å². The summed E-state index contributed by atoms with van der Waals surface area (Å²) in [6.07, 6.45) is -3.71. The van der Waals surface area contributed by atoms with E-state index in [1.807, 2.05) is 51.9 Å². The highest BCUT2D eigenvalue weighted by molar-refractivity contribution is 5.82. The van der Waals surface area contributed by atoms with Crippen LogP contribution in [0, 0.1) is 5.92 Å². The van der Waals surface area contributed by atoms with Crippen molar-refractivity contribution in [3.05, 3.63) is 54.1 Å². The number of alkyl halides is 3. The molecular weight excluding hydrogens is 509 g/mol. The molecule has 0 saturated heterocycles. The molecule has 0 unspecified atom stereocenters. The number of hydrogen-bond acceptors (Lipinski definition) is 6. The number of anilines is 1. The van der Waals surface area contributed by atoms with E-state index in [4.69, 9.17) is 9.47 Å². The van der Waals surface area contributed by atoms with Crippen LogP contribution in [0.4, 0.5) is 18.9 Å². The van der Waals surface area contributed by atoms with Gasteiger partial charge < -0.3 is 25.0 Å². The van der Waals surface area contributed by atoms with Crippen molar-refractivity contribution in [2.75, 3.05) is 46.2 Å². The normalized spacial score (nSPS) is 14.1. The van der Waals surface area contributed by atoms with Crippen LogP contribution in [0.3, 0.4) is 0 Å². The van der Waals surface area contributed by atoms with E-state index in [0.717, 1.165) is 12.2 Å². The van der Waals surface area contributed by atoms with E-state index < -0.39 is 24.2 Å². The van der Waals surface area contributed by atoms with E-state index in [-0.39, 0.29) is 23.9 Å². The molecule has 2 rings (SSSR count). The third-order valence-electron chi connectivity index (χ3n) is 6.21. The number of carbonyl (C=O) groups excluding carboxylic acids is 1. The van der Waals surface area contributed by atoms with Gasteiger partial charge in [-0.3, -0.25) is 10.1 Å². The van der Waals surface area contributed by atoms with Gasteiger partial charge in [-0.05, 0) is 50.6 Å². The van der Waals surface area contributed by atoms with Crippen molar-refractivity contribution in [3.63, 3.8) is 0 Å². The SMILES string of the molecule is CC[C@@H](CNc1ccc(OCCN(C)C)cc1OC)NC(=O)[C@H](CC(C)C)N[C@@H](c1ccccc1)C(F)(F)F. The Balaban J connectivity index is 2.08. The summed E-state index contributed by atoms with van der Waals surface area (Å²) < 4.78 is 53.2. The molecule has 10 heteroatoms. The predicted molar refractivity (Wildman–Crippen MR) is 149 cm³/mol. The molecule has 0 aliphatic carbocycles. The molecule has 0 aliphatic rings. The van der Waals surface area contributed by atoms with Crippen molar-refractivity contribution in [2.24, 2.45) is 5.92 Å². The molecule has 0 bridgehead atoms. The van der Waals surface area contributed by atoms with Crippen molar-refractivity contribution in [3.8, 4) is 11.5 Å². The van der Waals surface area contributed by atoms with Crippen LogP contribution < -0.4 is 25.4 Å². The van der Waals surface area contributed by atoms with E-state index in [1.54, 1.807) is 31.4 Å². The van der Waals surface area contributed by atoms with Gasteiger partial charge in [0, 0.05) is 25.2 Å². The minimum atomic E-state index is -4.55. The highest BCUT2D eigenvalue weighted by Crippen LogP contribution is 2.33. The molecule has 3 N–H and O–H groups in total. The molecule has 39 heavy (non-hydrogen) atoms. The Kier molecular flexibility index (Phi) is 12.9. The molecule has 0 radical (unpaired) electrons.